The second-order valence-corrected chi connectivity index (χ2v) is 6.04. The minimum absolute atomic E-state index is 0.0555. The van der Waals surface area contributed by atoms with Crippen molar-refractivity contribution in [1.29, 1.82) is 0 Å². The molecule has 1 N–H and O–H groups in total. The van der Waals surface area contributed by atoms with E-state index in [-0.39, 0.29) is 18.1 Å². The van der Waals surface area contributed by atoms with E-state index in [0.717, 1.165) is 17.7 Å². The molecular weight excluding hydrogens is 369 g/mol. The third-order valence-electron chi connectivity index (χ3n) is 3.64. The molecule has 0 atom stereocenters. The molecule has 2 amide bonds. The third kappa shape index (κ3) is 4.76. The number of carbonyl (C=O) groups is 2. The smallest absolute Gasteiger partial charge is 0.325 e. The average molecular weight is 385 g/mol. The number of nitrogens with one attached hydrogen (secondary N) is 1. The molecule has 0 saturated heterocycles. The SMILES string of the molecule is CC(=O)N(CC(=O)Nc1ccc(Cl)c(C(F)(F)F)c1)c1ccccc1C. The number of hydrogen-bond donors (Lipinski definition) is 1. The normalized spacial score (nSPS) is 11.2. The number of amides is 2. The van der Waals surface area contributed by atoms with E-state index >= 15 is 0 Å². The van der Waals surface area contributed by atoms with Crippen molar-refractivity contribution in [2.75, 3.05) is 16.8 Å². The summed E-state index contributed by atoms with van der Waals surface area (Å²) in [6.45, 7) is 2.77. The topological polar surface area (TPSA) is 49.4 Å². The number of benzene rings is 2. The van der Waals surface area contributed by atoms with Crippen LogP contribution in [0.25, 0.3) is 0 Å². The lowest BCUT2D eigenvalue weighted by molar-refractivity contribution is -0.137. The van der Waals surface area contributed by atoms with E-state index in [2.05, 4.69) is 5.32 Å². The number of rotatable bonds is 4. The molecule has 0 aliphatic carbocycles. The van der Waals surface area contributed by atoms with Gasteiger partial charge in [0.25, 0.3) is 0 Å². The van der Waals surface area contributed by atoms with Gasteiger partial charge in [-0.2, -0.15) is 13.2 Å². The molecule has 0 fully saturated rings. The molecule has 0 aliphatic heterocycles. The van der Waals surface area contributed by atoms with Crippen LogP contribution in [0.3, 0.4) is 0 Å². The van der Waals surface area contributed by atoms with Crippen LogP contribution in [-0.2, 0) is 15.8 Å². The van der Waals surface area contributed by atoms with Crippen LogP contribution in [0.4, 0.5) is 24.5 Å². The highest BCUT2D eigenvalue weighted by Gasteiger charge is 2.33. The van der Waals surface area contributed by atoms with E-state index < -0.39 is 22.7 Å². The summed E-state index contributed by atoms with van der Waals surface area (Å²) in [5, 5.41) is 1.91. The number of halogens is 4. The predicted molar refractivity (Wildman–Crippen MR) is 94.3 cm³/mol. The maximum atomic E-state index is 12.9. The summed E-state index contributed by atoms with van der Waals surface area (Å²) in [5.74, 6) is -0.986. The van der Waals surface area contributed by atoms with Gasteiger partial charge in [-0.15, -0.1) is 0 Å². The molecule has 4 nitrogen and oxygen atoms in total. The molecule has 8 heteroatoms. The van der Waals surface area contributed by atoms with Crippen LogP contribution in [0, 0.1) is 6.92 Å². The van der Waals surface area contributed by atoms with Gasteiger partial charge in [0.1, 0.15) is 6.54 Å². The van der Waals surface area contributed by atoms with E-state index in [4.69, 9.17) is 11.6 Å². The second kappa shape index (κ2) is 7.78. The Balaban J connectivity index is 2.19. The first kappa shape index (κ1) is 19.8. The Bertz CT molecular complexity index is 837. The Morgan fingerprint density at radius 1 is 1.15 bits per heavy atom. The van der Waals surface area contributed by atoms with Crippen molar-refractivity contribution in [3.8, 4) is 0 Å². The van der Waals surface area contributed by atoms with Crippen LogP contribution < -0.4 is 10.2 Å². The van der Waals surface area contributed by atoms with Crippen LogP contribution >= 0.6 is 11.6 Å². The summed E-state index contributed by atoms with van der Waals surface area (Å²) in [7, 11) is 0. The number of alkyl halides is 3. The largest absolute Gasteiger partial charge is 0.417 e. The molecule has 0 aliphatic rings. The summed E-state index contributed by atoms with van der Waals surface area (Å²) >= 11 is 5.56. The van der Waals surface area contributed by atoms with Crippen molar-refractivity contribution in [3.05, 3.63) is 58.6 Å². The highest BCUT2D eigenvalue weighted by Crippen LogP contribution is 2.36. The minimum Gasteiger partial charge on any atom is -0.325 e. The molecule has 2 aromatic rings. The van der Waals surface area contributed by atoms with Crippen molar-refractivity contribution >= 4 is 34.8 Å². The zero-order chi connectivity index (χ0) is 19.5. The average Bonchev–Trinajstić information content (AvgIpc) is 2.54. The molecule has 0 bridgehead atoms. The highest BCUT2D eigenvalue weighted by molar-refractivity contribution is 6.31. The van der Waals surface area contributed by atoms with Gasteiger partial charge in [-0.05, 0) is 36.8 Å². The molecular formula is C18H16ClF3N2O2. The van der Waals surface area contributed by atoms with Crippen molar-refractivity contribution in [2.45, 2.75) is 20.0 Å². The monoisotopic (exact) mass is 384 g/mol. The molecule has 0 radical (unpaired) electrons. The standard InChI is InChI=1S/C18H16ClF3N2O2/c1-11-5-3-4-6-16(11)24(12(2)25)10-17(26)23-13-7-8-15(19)14(9-13)18(20,21)22/h3-9H,10H2,1-2H3,(H,23,26). The number of carbonyl (C=O) groups excluding carboxylic acids is 2. The third-order valence-corrected chi connectivity index (χ3v) is 3.97. The van der Waals surface area contributed by atoms with Gasteiger partial charge >= 0.3 is 6.18 Å². The summed E-state index contributed by atoms with van der Waals surface area (Å²) in [6.07, 6.45) is -4.63. The summed E-state index contributed by atoms with van der Waals surface area (Å²) in [4.78, 5) is 25.4. The van der Waals surface area contributed by atoms with Crippen LogP contribution in [0.5, 0.6) is 0 Å². The van der Waals surface area contributed by atoms with Gasteiger partial charge in [-0.25, -0.2) is 0 Å². The quantitative estimate of drug-likeness (QED) is 0.833. The maximum Gasteiger partial charge on any atom is 0.417 e. The first-order valence-electron chi connectivity index (χ1n) is 7.60. The molecule has 0 aromatic heterocycles. The fourth-order valence-corrected chi connectivity index (χ4v) is 2.62. The van der Waals surface area contributed by atoms with Crippen molar-refractivity contribution in [3.63, 3.8) is 0 Å². The Hall–Kier alpha value is -2.54. The van der Waals surface area contributed by atoms with Crippen LogP contribution in [-0.4, -0.2) is 18.4 Å². The summed E-state index contributed by atoms with van der Waals surface area (Å²) < 4.78 is 38.7. The number of anilines is 2. The van der Waals surface area contributed by atoms with Gasteiger partial charge in [-0.1, -0.05) is 29.8 Å². The lowest BCUT2D eigenvalue weighted by Gasteiger charge is -2.22. The second-order valence-electron chi connectivity index (χ2n) is 5.63. The van der Waals surface area contributed by atoms with E-state index in [0.29, 0.717) is 5.69 Å². The minimum atomic E-state index is -4.63. The Morgan fingerprint density at radius 3 is 2.38 bits per heavy atom. The number of para-hydroxylation sites is 1. The Labute approximate surface area is 153 Å². The van der Waals surface area contributed by atoms with E-state index in [1.165, 1.54) is 17.9 Å². The van der Waals surface area contributed by atoms with Crippen molar-refractivity contribution in [1.82, 2.24) is 0 Å². The molecule has 0 heterocycles. The first-order chi connectivity index (χ1) is 12.1. The molecule has 0 saturated carbocycles. The maximum absolute atomic E-state index is 12.9. The predicted octanol–water partition coefficient (Wildman–Crippen LogP) is 4.66. The van der Waals surface area contributed by atoms with Gasteiger partial charge in [0.2, 0.25) is 11.8 Å². The number of aryl methyl sites for hydroxylation is 1. The van der Waals surface area contributed by atoms with Crippen molar-refractivity contribution in [2.24, 2.45) is 0 Å². The van der Waals surface area contributed by atoms with Gasteiger partial charge in [0.05, 0.1) is 10.6 Å². The number of hydrogen-bond acceptors (Lipinski definition) is 2. The fourth-order valence-electron chi connectivity index (χ4n) is 2.40. The zero-order valence-electron chi connectivity index (χ0n) is 14.0. The molecule has 26 heavy (non-hydrogen) atoms. The fraction of sp³-hybridized carbons (Fsp3) is 0.222. The molecule has 2 aromatic carbocycles. The van der Waals surface area contributed by atoms with Gasteiger partial charge in [-0.3, -0.25) is 9.59 Å². The molecule has 0 unspecified atom stereocenters. The molecule has 138 valence electrons. The molecule has 0 spiro atoms. The lowest BCUT2D eigenvalue weighted by Crippen LogP contribution is -2.37. The van der Waals surface area contributed by atoms with E-state index in [9.17, 15) is 22.8 Å². The van der Waals surface area contributed by atoms with Gasteiger partial charge < -0.3 is 10.2 Å². The summed E-state index contributed by atoms with van der Waals surface area (Å²) in [6, 6.07) is 10.1. The van der Waals surface area contributed by atoms with E-state index in [1.807, 2.05) is 0 Å². The van der Waals surface area contributed by atoms with Gasteiger partial charge in [0, 0.05) is 18.3 Å². The van der Waals surface area contributed by atoms with Crippen LogP contribution in [0.1, 0.15) is 18.1 Å². The number of nitrogens with zero attached hydrogens (tertiary/aromatic N) is 1. The zero-order valence-corrected chi connectivity index (χ0v) is 14.8. The van der Waals surface area contributed by atoms with Crippen LogP contribution in [0.2, 0.25) is 5.02 Å². The summed E-state index contributed by atoms with van der Waals surface area (Å²) in [5.41, 5.74) is 0.253. The van der Waals surface area contributed by atoms with Crippen LogP contribution in [0.15, 0.2) is 42.5 Å². The Kier molecular flexibility index (Phi) is 5.92. The lowest BCUT2D eigenvalue weighted by atomic mass is 10.1. The van der Waals surface area contributed by atoms with Gasteiger partial charge in [0.15, 0.2) is 0 Å². The first-order valence-corrected chi connectivity index (χ1v) is 7.97. The molecule has 2 rings (SSSR count). The van der Waals surface area contributed by atoms with Crippen molar-refractivity contribution < 1.29 is 22.8 Å². The Morgan fingerprint density at radius 2 is 1.81 bits per heavy atom. The van der Waals surface area contributed by atoms with E-state index in [1.54, 1.807) is 31.2 Å². The highest BCUT2D eigenvalue weighted by atomic mass is 35.5.